The lowest BCUT2D eigenvalue weighted by atomic mass is 10.0. The number of nitrogens with zero attached hydrogens (tertiary/aromatic N) is 1. The molecule has 1 aliphatic carbocycles. The number of likely N-dealkylation sites (N-methyl/N-ethyl adjacent to an activating group) is 1. The van der Waals surface area contributed by atoms with Crippen LogP contribution < -0.4 is 5.32 Å². The van der Waals surface area contributed by atoms with Crippen LogP contribution in [0, 0.1) is 5.41 Å². The fourth-order valence-corrected chi connectivity index (χ4v) is 2.83. The van der Waals surface area contributed by atoms with E-state index in [1.54, 1.807) is 18.9 Å². The molecule has 1 aliphatic heterocycles. The molecular formula is C11H16Cl2N2O2. The Morgan fingerprint density at radius 2 is 2.12 bits per heavy atom. The van der Waals surface area contributed by atoms with Gasteiger partial charge in [0, 0.05) is 26.1 Å². The summed E-state index contributed by atoms with van der Waals surface area (Å²) in [6.07, 6.45) is 1.64. The maximum Gasteiger partial charge on any atom is 0.229 e. The molecule has 0 spiro atoms. The highest BCUT2D eigenvalue weighted by Crippen LogP contribution is 2.63. The number of halogens is 2. The maximum atomic E-state index is 12.0. The highest BCUT2D eigenvalue weighted by atomic mass is 35.5. The van der Waals surface area contributed by atoms with Crippen LogP contribution >= 0.6 is 23.2 Å². The van der Waals surface area contributed by atoms with E-state index in [9.17, 15) is 9.59 Å². The first kappa shape index (κ1) is 13.0. The van der Waals surface area contributed by atoms with Crippen LogP contribution in [-0.2, 0) is 9.59 Å². The second-order valence-electron chi connectivity index (χ2n) is 5.20. The summed E-state index contributed by atoms with van der Waals surface area (Å²) in [6, 6.07) is 0.00626. The van der Waals surface area contributed by atoms with E-state index in [4.69, 9.17) is 23.2 Å². The fraction of sp³-hybridized carbons (Fsp3) is 0.818. The van der Waals surface area contributed by atoms with Gasteiger partial charge >= 0.3 is 0 Å². The topological polar surface area (TPSA) is 49.4 Å². The van der Waals surface area contributed by atoms with Crippen LogP contribution in [-0.4, -0.2) is 40.7 Å². The Kier molecular flexibility index (Phi) is 3.07. The lowest BCUT2D eigenvalue weighted by Gasteiger charge is -2.31. The Morgan fingerprint density at radius 3 is 2.59 bits per heavy atom. The van der Waals surface area contributed by atoms with Crippen molar-refractivity contribution in [2.45, 2.75) is 36.6 Å². The van der Waals surface area contributed by atoms with Gasteiger partial charge in [0.15, 0.2) is 0 Å². The van der Waals surface area contributed by atoms with Crippen molar-refractivity contribution < 1.29 is 9.59 Å². The van der Waals surface area contributed by atoms with Gasteiger partial charge in [-0.1, -0.05) is 0 Å². The monoisotopic (exact) mass is 278 g/mol. The molecule has 17 heavy (non-hydrogen) atoms. The number of hydrogen-bond donors (Lipinski definition) is 1. The number of alkyl halides is 2. The molecule has 2 aliphatic rings. The Morgan fingerprint density at radius 1 is 1.53 bits per heavy atom. The molecule has 2 fully saturated rings. The van der Waals surface area contributed by atoms with Gasteiger partial charge in [-0.2, -0.15) is 0 Å². The van der Waals surface area contributed by atoms with E-state index >= 15 is 0 Å². The molecule has 1 heterocycles. The summed E-state index contributed by atoms with van der Waals surface area (Å²) in [6.45, 7) is 2.32. The molecule has 1 saturated heterocycles. The van der Waals surface area contributed by atoms with Gasteiger partial charge in [-0.05, 0) is 19.8 Å². The van der Waals surface area contributed by atoms with Crippen LogP contribution in [0.4, 0.5) is 0 Å². The average Bonchev–Trinajstić information content (AvgIpc) is 2.74. The highest BCUT2D eigenvalue weighted by Gasteiger charge is 2.68. The van der Waals surface area contributed by atoms with Gasteiger partial charge in [0.05, 0.1) is 5.41 Å². The first-order valence-electron chi connectivity index (χ1n) is 5.69. The van der Waals surface area contributed by atoms with Gasteiger partial charge in [0.2, 0.25) is 11.8 Å². The first-order valence-corrected chi connectivity index (χ1v) is 6.45. The summed E-state index contributed by atoms with van der Waals surface area (Å²) in [5.41, 5.74) is -0.684. The third-order valence-corrected chi connectivity index (χ3v) is 4.82. The zero-order valence-electron chi connectivity index (χ0n) is 9.93. The normalized spacial score (nSPS) is 35.6. The maximum absolute atomic E-state index is 12.0. The minimum atomic E-state index is -0.937. The summed E-state index contributed by atoms with van der Waals surface area (Å²) >= 11 is 11.9. The van der Waals surface area contributed by atoms with Gasteiger partial charge in [0.1, 0.15) is 4.33 Å². The lowest BCUT2D eigenvalue weighted by molar-refractivity contribution is -0.134. The largest absolute Gasteiger partial charge is 0.351 e. The van der Waals surface area contributed by atoms with Gasteiger partial charge in [-0.3, -0.25) is 9.59 Å². The summed E-state index contributed by atoms with van der Waals surface area (Å²) in [7, 11) is 1.74. The third-order valence-electron chi connectivity index (χ3n) is 3.72. The van der Waals surface area contributed by atoms with Gasteiger partial charge in [-0.15, -0.1) is 23.2 Å². The van der Waals surface area contributed by atoms with Crippen molar-refractivity contribution in [3.8, 4) is 0 Å². The van der Waals surface area contributed by atoms with Crippen LogP contribution in [0.2, 0.25) is 0 Å². The number of nitrogens with one attached hydrogen (secondary N) is 1. The van der Waals surface area contributed by atoms with E-state index in [2.05, 4.69) is 5.32 Å². The van der Waals surface area contributed by atoms with Gasteiger partial charge in [-0.25, -0.2) is 0 Å². The molecular weight excluding hydrogens is 263 g/mol. The summed E-state index contributed by atoms with van der Waals surface area (Å²) in [5.74, 6) is 0.00687. The molecule has 1 N–H and O–H groups in total. The zero-order chi connectivity index (χ0) is 12.8. The van der Waals surface area contributed by atoms with Crippen LogP contribution in [0.1, 0.15) is 26.2 Å². The van der Waals surface area contributed by atoms with Crippen molar-refractivity contribution in [1.29, 1.82) is 0 Å². The standard InChI is InChI=1S/C11H16Cl2N2O2/c1-10(6-11(10,12)13)9(17)14-7-3-4-8(16)15(2)5-7/h7H,3-6H2,1-2H3,(H,14,17)/t7-,10-/m0/s1. The van der Waals surface area contributed by atoms with Crippen molar-refractivity contribution in [2.24, 2.45) is 5.41 Å². The van der Waals surface area contributed by atoms with Crippen LogP contribution in [0.5, 0.6) is 0 Å². The molecule has 0 unspecified atom stereocenters. The number of piperidine rings is 1. The molecule has 0 radical (unpaired) electrons. The zero-order valence-corrected chi connectivity index (χ0v) is 11.4. The Labute approximate surface area is 111 Å². The minimum Gasteiger partial charge on any atom is -0.351 e. The van der Waals surface area contributed by atoms with Crippen LogP contribution in [0.15, 0.2) is 0 Å². The van der Waals surface area contributed by atoms with E-state index in [0.717, 1.165) is 0 Å². The van der Waals surface area contributed by atoms with Crippen LogP contribution in [0.25, 0.3) is 0 Å². The van der Waals surface area contributed by atoms with Crippen molar-refractivity contribution in [3.05, 3.63) is 0 Å². The minimum absolute atomic E-state index is 0.00626. The average molecular weight is 279 g/mol. The molecule has 4 nitrogen and oxygen atoms in total. The highest BCUT2D eigenvalue weighted by molar-refractivity contribution is 6.53. The molecule has 0 aromatic rings. The summed E-state index contributed by atoms with van der Waals surface area (Å²) in [4.78, 5) is 25.0. The first-order chi connectivity index (χ1) is 7.76. The van der Waals surface area contributed by atoms with E-state index in [0.29, 0.717) is 25.8 Å². The molecule has 2 rings (SSSR count). The number of carbonyl (C=O) groups is 2. The number of hydrogen-bond acceptors (Lipinski definition) is 2. The van der Waals surface area contributed by atoms with E-state index in [1.807, 2.05) is 0 Å². The number of carbonyl (C=O) groups excluding carboxylic acids is 2. The van der Waals surface area contributed by atoms with Crippen LogP contribution in [0.3, 0.4) is 0 Å². The van der Waals surface area contributed by atoms with Gasteiger partial charge < -0.3 is 10.2 Å². The Hall–Kier alpha value is -0.480. The van der Waals surface area contributed by atoms with Crippen molar-refractivity contribution >= 4 is 35.0 Å². The van der Waals surface area contributed by atoms with Crippen molar-refractivity contribution in [2.75, 3.05) is 13.6 Å². The second kappa shape index (κ2) is 4.02. The molecule has 96 valence electrons. The number of rotatable bonds is 2. The molecule has 0 aromatic carbocycles. The van der Waals surface area contributed by atoms with E-state index in [1.165, 1.54) is 0 Å². The Bertz CT molecular complexity index is 372. The SMILES string of the molecule is CN1C[C@@H](NC(=O)[C@]2(C)CC2(Cl)Cl)CCC1=O. The number of likely N-dealkylation sites (tertiary alicyclic amines) is 1. The quantitative estimate of drug-likeness (QED) is 0.775. The lowest BCUT2D eigenvalue weighted by Crippen LogP contribution is -2.50. The molecule has 2 amide bonds. The van der Waals surface area contributed by atoms with Crippen molar-refractivity contribution in [3.63, 3.8) is 0 Å². The molecule has 1 saturated carbocycles. The van der Waals surface area contributed by atoms with Crippen molar-refractivity contribution in [1.82, 2.24) is 10.2 Å². The van der Waals surface area contributed by atoms with E-state index < -0.39 is 9.75 Å². The molecule has 2 atom stereocenters. The number of amides is 2. The fourth-order valence-electron chi connectivity index (χ4n) is 2.12. The Balaban J connectivity index is 1.91. The van der Waals surface area contributed by atoms with E-state index in [-0.39, 0.29) is 17.9 Å². The summed E-state index contributed by atoms with van der Waals surface area (Å²) in [5, 5.41) is 2.93. The summed E-state index contributed by atoms with van der Waals surface area (Å²) < 4.78 is -0.937. The second-order valence-corrected chi connectivity index (χ2v) is 6.68. The predicted octanol–water partition coefficient (Wildman–Crippen LogP) is 1.31. The van der Waals surface area contributed by atoms with Gasteiger partial charge in [0.25, 0.3) is 0 Å². The third kappa shape index (κ3) is 2.25. The predicted molar refractivity (Wildman–Crippen MR) is 66.0 cm³/mol. The molecule has 6 heteroatoms. The smallest absolute Gasteiger partial charge is 0.229 e. The molecule has 0 bridgehead atoms. The molecule has 0 aromatic heterocycles.